The summed E-state index contributed by atoms with van der Waals surface area (Å²) in [6, 6.07) is 1.88. The standard InChI is InChI=1S/C12H16BrClN2O/c1-3-5-9(4-2)16-12(17)10-6-8(13)7-15-11(10)14/h6-7,9H,3-5H2,1-2H3,(H,16,17). The summed E-state index contributed by atoms with van der Waals surface area (Å²) in [7, 11) is 0. The van der Waals surface area contributed by atoms with E-state index >= 15 is 0 Å². The van der Waals surface area contributed by atoms with Gasteiger partial charge in [-0.2, -0.15) is 0 Å². The van der Waals surface area contributed by atoms with Gasteiger partial charge in [-0.3, -0.25) is 4.79 Å². The highest BCUT2D eigenvalue weighted by Crippen LogP contribution is 2.18. The molecule has 1 unspecified atom stereocenters. The number of hydrogen-bond donors (Lipinski definition) is 1. The van der Waals surface area contributed by atoms with Gasteiger partial charge in [0.25, 0.3) is 5.91 Å². The van der Waals surface area contributed by atoms with Gasteiger partial charge < -0.3 is 5.32 Å². The van der Waals surface area contributed by atoms with E-state index in [-0.39, 0.29) is 17.1 Å². The van der Waals surface area contributed by atoms with Gasteiger partial charge >= 0.3 is 0 Å². The first-order valence-electron chi connectivity index (χ1n) is 5.70. The number of hydrogen-bond acceptors (Lipinski definition) is 2. The van der Waals surface area contributed by atoms with E-state index in [0.717, 1.165) is 23.7 Å². The second-order valence-electron chi connectivity index (χ2n) is 3.86. The Labute approximate surface area is 115 Å². The Balaban J connectivity index is 2.78. The number of amides is 1. The largest absolute Gasteiger partial charge is 0.349 e. The van der Waals surface area contributed by atoms with E-state index in [9.17, 15) is 4.79 Å². The fraction of sp³-hybridized carbons (Fsp3) is 0.500. The lowest BCUT2D eigenvalue weighted by atomic mass is 10.1. The first-order valence-corrected chi connectivity index (χ1v) is 6.87. The van der Waals surface area contributed by atoms with E-state index < -0.39 is 0 Å². The minimum Gasteiger partial charge on any atom is -0.349 e. The van der Waals surface area contributed by atoms with Crippen LogP contribution in [0, 0.1) is 0 Å². The molecule has 0 radical (unpaired) electrons. The quantitative estimate of drug-likeness (QED) is 0.839. The minimum atomic E-state index is -0.163. The summed E-state index contributed by atoms with van der Waals surface area (Å²) in [5.41, 5.74) is 0.413. The number of aromatic nitrogens is 1. The summed E-state index contributed by atoms with van der Waals surface area (Å²) < 4.78 is 0.746. The zero-order valence-electron chi connectivity index (χ0n) is 9.96. The SMILES string of the molecule is CCCC(CC)NC(=O)c1cc(Br)cnc1Cl. The van der Waals surface area contributed by atoms with E-state index in [1.807, 2.05) is 0 Å². The maximum absolute atomic E-state index is 12.0. The molecular weight excluding hydrogens is 304 g/mol. The first kappa shape index (κ1) is 14.5. The van der Waals surface area contributed by atoms with Gasteiger partial charge in [-0.1, -0.05) is 31.9 Å². The molecule has 94 valence electrons. The van der Waals surface area contributed by atoms with Gasteiger partial charge in [0.2, 0.25) is 0 Å². The van der Waals surface area contributed by atoms with Crippen molar-refractivity contribution in [3.63, 3.8) is 0 Å². The lowest BCUT2D eigenvalue weighted by Crippen LogP contribution is -2.34. The molecule has 3 nitrogen and oxygen atoms in total. The number of carbonyl (C=O) groups excluding carboxylic acids is 1. The normalized spacial score (nSPS) is 12.2. The molecule has 1 amide bonds. The third-order valence-corrected chi connectivity index (χ3v) is 3.25. The van der Waals surface area contributed by atoms with Crippen LogP contribution in [0.4, 0.5) is 0 Å². The number of halogens is 2. The van der Waals surface area contributed by atoms with Crippen LogP contribution in [-0.2, 0) is 0 Å². The molecule has 0 bridgehead atoms. The third-order valence-electron chi connectivity index (χ3n) is 2.52. The van der Waals surface area contributed by atoms with Crippen molar-refractivity contribution in [2.45, 2.75) is 39.2 Å². The van der Waals surface area contributed by atoms with E-state index in [1.165, 1.54) is 0 Å². The zero-order chi connectivity index (χ0) is 12.8. The predicted molar refractivity (Wildman–Crippen MR) is 73.4 cm³/mol. The van der Waals surface area contributed by atoms with Crippen LogP contribution in [0.2, 0.25) is 5.15 Å². The Morgan fingerprint density at radius 2 is 2.29 bits per heavy atom. The Kier molecular flexibility index (Phi) is 5.92. The highest BCUT2D eigenvalue weighted by Gasteiger charge is 2.15. The van der Waals surface area contributed by atoms with E-state index in [1.54, 1.807) is 12.3 Å². The summed E-state index contributed by atoms with van der Waals surface area (Å²) in [5.74, 6) is -0.163. The third kappa shape index (κ3) is 4.28. The Bertz CT molecular complexity index is 398. The van der Waals surface area contributed by atoms with Gasteiger partial charge in [-0.05, 0) is 34.8 Å². The van der Waals surface area contributed by atoms with Crippen molar-refractivity contribution in [3.05, 3.63) is 27.5 Å². The van der Waals surface area contributed by atoms with Crippen molar-refractivity contribution >= 4 is 33.4 Å². The van der Waals surface area contributed by atoms with Gasteiger partial charge in [0.05, 0.1) is 5.56 Å². The molecule has 0 saturated heterocycles. The molecule has 1 atom stereocenters. The van der Waals surface area contributed by atoms with E-state index in [0.29, 0.717) is 5.56 Å². The highest BCUT2D eigenvalue weighted by molar-refractivity contribution is 9.10. The monoisotopic (exact) mass is 318 g/mol. The van der Waals surface area contributed by atoms with Crippen LogP contribution >= 0.6 is 27.5 Å². The predicted octanol–water partition coefficient (Wildman–Crippen LogP) is 3.81. The Morgan fingerprint density at radius 3 is 2.88 bits per heavy atom. The van der Waals surface area contributed by atoms with Gasteiger partial charge in [-0.25, -0.2) is 4.98 Å². The number of nitrogens with one attached hydrogen (secondary N) is 1. The van der Waals surface area contributed by atoms with Crippen LogP contribution in [-0.4, -0.2) is 16.9 Å². The molecule has 0 aromatic carbocycles. The molecule has 1 rings (SSSR count). The minimum absolute atomic E-state index is 0.163. The average molecular weight is 320 g/mol. The summed E-state index contributed by atoms with van der Waals surface area (Å²) in [6.07, 6.45) is 4.51. The summed E-state index contributed by atoms with van der Waals surface area (Å²) >= 11 is 9.18. The average Bonchev–Trinajstić information content (AvgIpc) is 2.31. The number of rotatable bonds is 5. The molecule has 0 aliphatic carbocycles. The smallest absolute Gasteiger partial charge is 0.254 e. The van der Waals surface area contributed by atoms with Gasteiger partial charge in [0.1, 0.15) is 5.15 Å². The molecular formula is C12H16BrClN2O. The lowest BCUT2D eigenvalue weighted by Gasteiger charge is -2.16. The molecule has 1 aromatic rings. The topological polar surface area (TPSA) is 42.0 Å². The molecule has 1 N–H and O–H groups in total. The van der Waals surface area contributed by atoms with Crippen LogP contribution in [0.5, 0.6) is 0 Å². The van der Waals surface area contributed by atoms with Crippen molar-refractivity contribution < 1.29 is 4.79 Å². The molecule has 1 aromatic heterocycles. The van der Waals surface area contributed by atoms with Crippen molar-refractivity contribution in [2.75, 3.05) is 0 Å². The fourth-order valence-electron chi connectivity index (χ4n) is 1.57. The number of nitrogens with zero attached hydrogens (tertiary/aromatic N) is 1. The van der Waals surface area contributed by atoms with Gasteiger partial charge in [-0.15, -0.1) is 0 Å². The number of pyridine rings is 1. The lowest BCUT2D eigenvalue weighted by molar-refractivity contribution is 0.0933. The van der Waals surface area contributed by atoms with Crippen molar-refractivity contribution in [2.24, 2.45) is 0 Å². The van der Waals surface area contributed by atoms with Crippen molar-refractivity contribution in [1.82, 2.24) is 10.3 Å². The summed E-state index contributed by atoms with van der Waals surface area (Å²) in [6.45, 7) is 4.16. The van der Waals surface area contributed by atoms with Crippen LogP contribution in [0.3, 0.4) is 0 Å². The molecule has 17 heavy (non-hydrogen) atoms. The van der Waals surface area contributed by atoms with Crippen molar-refractivity contribution in [1.29, 1.82) is 0 Å². The van der Waals surface area contributed by atoms with E-state index in [4.69, 9.17) is 11.6 Å². The van der Waals surface area contributed by atoms with Crippen LogP contribution in [0.25, 0.3) is 0 Å². The summed E-state index contributed by atoms with van der Waals surface area (Å²) in [4.78, 5) is 15.9. The molecule has 0 aliphatic heterocycles. The molecule has 0 fully saturated rings. The Hall–Kier alpha value is -0.610. The van der Waals surface area contributed by atoms with Crippen molar-refractivity contribution in [3.8, 4) is 0 Å². The zero-order valence-corrected chi connectivity index (χ0v) is 12.3. The second-order valence-corrected chi connectivity index (χ2v) is 5.13. The van der Waals surface area contributed by atoms with Gasteiger partial charge in [0, 0.05) is 16.7 Å². The molecule has 0 spiro atoms. The summed E-state index contributed by atoms with van der Waals surface area (Å²) in [5, 5.41) is 3.20. The highest BCUT2D eigenvalue weighted by atomic mass is 79.9. The van der Waals surface area contributed by atoms with Crippen LogP contribution in [0.1, 0.15) is 43.5 Å². The maximum Gasteiger partial charge on any atom is 0.254 e. The first-order chi connectivity index (χ1) is 8.08. The number of carbonyl (C=O) groups is 1. The molecule has 0 aliphatic rings. The molecule has 1 heterocycles. The maximum atomic E-state index is 12.0. The Morgan fingerprint density at radius 1 is 1.59 bits per heavy atom. The molecule has 5 heteroatoms. The van der Waals surface area contributed by atoms with E-state index in [2.05, 4.69) is 40.1 Å². The van der Waals surface area contributed by atoms with Crippen LogP contribution in [0.15, 0.2) is 16.7 Å². The second kappa shape index (κ2) is 6.97. The van der Waals surface area contributed by atoms with Gasteiger partial charge in [0.15, 0.2) is 0 Å². The fourth-order valence-corrected chi connectivity index (χ4v) is 2.09. The van der Waals surface area contributed by atoms with Crippen LogP contribution < -0.4 is 5.32 Å². The molecule has 0 saturated carbocycles.